The first kappa shape index (κ1) is 14.5. The van der Waals surface area contributed by atoms with Gasteiger partial charge in [0.2, 0.25) is 0 Å². The van der Waals surface area contributed by atoms with Crippen molar-refractivity contribution in [2.24, 2.45) is 5.92 Å². The molecule has 17 heavy (non-hydrogen) atoms. The molecule has 0 aromatic rings. The molecule has 0 aromatic carbocycles. The molecule has 1 aliphatic carbocycles. The van der Waals surface area contributed by atoms with E-state index in [1.807, 2.05) is 7.11 Å². The third-order valence-electron chi connectivity index (χ3n) is 3.91. The molecule has 0 spiro atoms. The number of hydrogen-bond donors (Lipinski definition) is 0. The van der Waals surface area contributed by atoms with Gasteiger partial charge in [0.25, 0.3) is 0 Å². The summed E-state index contributed by atoms with van der Waals surface area (Å²) in [4.78, 5) is 0. The normalized spacial score (nSPS) is 34.8. The molecule has 0 N–H and O–H groups in total. The first-order chi connectivity index (χ1) is 8.13. The zero-order chi connectivity index (χ0) is 12.7. The summed E-state index contributed by atoms with van der Waals surface area (Å²) in [7, 11) is 1.85. The molecule has 2 atom stereocenters. The summed E-state index contributed by atoms with van der Waals surface area (Å²) in [6.45, 7) is 6.83. The quantitative estimate of drug-likeness (QED) is 0.589. The molecule has 0 aliphatic heterocycles. The van der Waals surface area contributed by atoms with Gasteiger partial charge in [-0.2, -0.15) is 0 Å². The Balaban J connectivity index is 2.65. The van der Waals surface area contributed by atoms with Gasteiger partial charge in [-0.3, -0.25) is 0 Å². The van der Waals surface area contributed by atoms with Crippen molar-refractivity contribution in [1.29, 1.82) is 0 Å². The fraction of sp³-hybridized carbons (Fsp3) is 0.750. The summed E-state index contributed by atoms with van der Waals surface area (Å²) in [6, 6.07) is 0. The molecule has 0 heterocycles. The van der Waals surface area contributed by atoms with E-state index in [1.54, 1.807) is 0 Å². The Morgan fingerprint density at radius 1 is 1.00 bits per heavy atom. The van der Waals surface area contributed by atoms with Gasteiger partial charge in [0.05, 0.1) is 6.10 Å². The maximum atomic E-state index is 5.63. The van der Waals surface area contributed by atoms with Crippen LogP contribution in [0.3, 0.4) is 0 Å². The Hall–Kier alpha value is -0.560. The van der Waals surface area contributed by atoms with Gasteiger partial charge in [-0.1, -0.05) is 30.2 Å². The molecule has 1 nitrogen and oxygen atoms in total. The van der Waals surface area contributed by atoms with E-state index < -0.39 is 0 Å². The Morgan fingerprint density at radius 3 is 2.35 bits per heavy atom. The molecule has 0 aromatic heterocycles. The lowest BCUT2D eigenvalue weighted by Gasteiger charge is -2.23. The predicted molar refractivity (Wildman–Crippen MR) is 75.2 cm³/mol. The predicted octanol–water partition coefficient (Wildman–Crippen LogP) is 4.88. The molecule has 2 unspecified atom stereocenters. The Bertz CT molecular complexity index is 275. The average Bonchev–Trinajstić information content (AvgIpc) is 2.28. The maximum Gasteiger partial charge on any atom is 0.0600 e. The molecular formula is C16H28O. The minimum absolute atomic E-state index is 0.423. The Morgan fingerprint density at radius 2 is 1.65 bits per heavy atom. The number of allylic oxidation sites excluding steroid dienone is 4. The van der Waals surface area contributed by atoms with Crippen LogP contribution in [-0.2, 0) is 4.74 Å². The lowest BCUT2D eigenvalue weighted by atomic mass is 9.92. The highest BCUT2D eigenvalue weighted by Gasteiger charge is 2.16. The number of methoxy groups -OCH3 is 1. The molecule has 0 saturated heterocycles. The Labute approximate surface area is 107 Å². The standard InChI is InChI=1S/C16H28O/c1-13-7-5-8-14(2)11-12-16(17-4)15(3)10-6-9-13/h8-9,15-16H,5-7,10-12H2,1-4H3/b13-9-,14-8-. The zero-order valence-electron chi connectivity index (χ0n) is 12.0. The van der Waals surface area contributed by atoms with Crippen molar-refractivity contribution >= 4 is 0 Å². The van der Waals surface area contributed by atoms with Crippen molar-refractivity contribution in [2.45, 2.75) is 65.4 Å². The van der Waals surface area contributed by atoms with Crippen molar-refractivity contribution < 1.29 is 4.74 Å². The molecule has 0 bridgehead atoms. The van der Waals surface area contributed by atoms with E-state index in [1.165, 1.54) is 49.7 Å². The van der Waals surface area contributed by atoms with Crippen LogP contribution in [0.1, 0.15) is 59.3 Å². The lowest BCUT2D eigenvalue weighted by Crippen LogP contribution is -2.20. The van der Waals surface area contributed by atoms with Crippen LogP contribution in [0.5, 0.6) is 0 Å². The number of hydrogen-bond acceptors (Lipinski definition) is 1. The number of rotatable bonds is 1. The second kappa shape index (κ2) is 7.71. The van der Waals surface area contributed by atoms with Crippen LogP contribution in [0.2, 0.25) is 0 Å². The largest absolute Gasteiger partial charge is 0.381 e. The molecular weight excluding hydrogens is 208 g/mol. The van der Waals surface area contributed by atoms with E-state index >= 15 is 0 Å². The fourth-order valence-corrected chi connectivity index (χ4v) is 2.53. The maximum absolute atomic E-state index is 5.63. The van der Waals surface area contributed by atoms with E-state index in [9.17, 15) is 0 Å². The molecule has 0 saturated carbocycles. The van der Waals surface area contributed by atoms with Crippen molar-refractivity contribution in [3.8, 4) is 0 Å². The third-order valence-corrected chi connectivity index (χ3v) is 3.91. The fourth-order valence-electron chi connectivity index (χ4n) is 2.53. The number of ether oxygens (including phenoxy) is 1. The third kappa shape index (κ3) is 5.54. The van der Waals surface area contributed by atoms with Gasteiger partial charge in [-0.05, 0) is 58.3 Å². The van der Waals surface area contributed by atoms with E-state index in [4.69, 9.17) is 4.74 Å². The van der Waals surface area contributed by atoms with Crippen molar-refractivity contribution in [1.82, 2.24) is 0 Å². The molecule has 0 radical (unpaired) electrons. The molecule has 1 heteroatoms. The van der Waals surface area contributed by atoms with Crippen molar-refractivity contribution in [3.63, 3.8) is 0 Å². The van der Waals surface area contributed by atoms with Crippen LogP contribution < -0.4 is 0 Å². The topological polar surface area (TPSA) is 9.23 Å². The van der Waals surface area contributed by atoms with E-state index in [0.717, 1.165) is 0 Å². The molecule has 1 aliphatic rings. The Kier molecular flexibility index (Phi) is 6.57. The van der Waals surface area contributed by atoms with Gasteiger partial charge in [0.1, 0.15) is 0 Å². The highest BCUT2D eigenvalue weighted by atomic mass is 16.5. The van der Waals surface area contributed by atoms with Gasteiger partial charge in [0, 0.05) is 7.11 Å². The molecule has 0 amide bonds. The minimum atomic E-state index is 0.423. The molecule has 0 fully saturated rings. The van der Waals surface area contributed by atoms with Gasteiger partial charge in [-0.15, -0.1) is 0 Å². The van der Waals surface area contributed by atoms with E-state index in [0.29, 0.717) is 12.0 Å². The van der Waals surface area contributed by atoms with Crippen molar-refractivity contribution in [2.75, 3.05) is 7.11 Å². The summed E-state index contributed by atoms with van der Waals surface area (Å²) in [6.07, 6.45) is 12.5. The summed E-state index contributed by atoms with van der Waals surface area (Å²) < 4.78 is 5.63. The highest BCUT2D eigenvalue weighted by molar-refractivity contribution is 5.04. The average molecular weight is 236 g/mol. The summed E-state index contributed by atoms with van der Waals surface area (Å²) in [5, 5.41) is 0. The van der Waals surface area contributed by atoms with E-state index in [-0.39, 0.29) is 0 Å². The van der Waals surface area contributed by atoms with Crippen LogP contribution in [0.25, 0.3) is 0 Å². The molecule has 1 rings (SSSR count). The SMILES string of the molecule is COC1CC/C(C)=C\CC/C(C)=C\CCC1C. The monoisotopic (exact) mass is 236 g/mol. The summed E-state index contributed by atoms with van der Waals surface area (Å²) >= 11 is 0. The van der Waals surface area contributed by atoms with Gasteiger partial charge in [0.15, 0.2) is 0 Å². The second-order valence-electron chi connectivity index (χ2n) is 5.51. The highest BCUT2D eigenvalue weighted by Crippen LogP contribution is 2.22. The van der Waals surface area contributed by atoms with Gasteiger partial charge >= 0.3 is 0 Å². The smallest absolute Gasteiger partial charge is 0.0600 e. The van der Waals surface area contributed by atoms with Crippen LogP contribution in [-0.4, -0.2) is 13.2 Å². The van der Waals surface area contributed by atoms with Crippen molar-refractivity contribution in [3.05, 3.63) is 23.3 Å². The van der Waals surface area contributed by atoms with Crippen LogP contribution >= 0.6 is 0 Å². The summed E-state index contributed by atoms with van der Waals surface area (Å²) in [5.74, 6) is 0.663. The molecule has 98 valence electrons. The van der Waals surface area contributed by atoms with Crippen LogP contribution in [0.15, 0.2) is 23.3 Å². The minimum Gasteiger partial charge on any atom is -0.381 e. The first-order valence-corrected chi connectivity index (χ1v) is 6.97. The van der Waals surface area contributed by atoms with Crippen LogP contribution in [0, 0.1) is 5.92 Å². The summed E-state index contributed by atoms with van der Waals surface area (Å²) in [5.41, 5.74) is 3.06. The lowest BCUT2D eigenvalue weighted by molar-refractivity contribution is 0.0492. The van der Waals surface area contributed by atoms with Gasteiger partial charge < -0.3 is 4.74 Å². The van der Waals surface area contributed by atoms with Crippen LogP contribution in [0.4, 0.5) is 0 Å². The zero-order valence-corrected chi connectivity index (χ0v) is 12.0. The van der Waals surface area contributed by atoms with Gasteiger partial charge in [-0.25, -0.2) is 0 Å². The van der Waals surface area contributed by atoms with E-state index in [2.05, 4.69) is 32.9 Å². The second-order valence-corrected chi connectivity index (χ2v) is 5.51. The first-order valence-electron chi connectivity index (χ1n) is 6.97.